The molecule has 0 heterocycles. The summed E-state index contributed by atoms with van der Waals surface area (Å²) in [6, 6.07) is 0. The Hall–Kier alpha value is -0.520. The van der Waals surface area contributed by atoms with E-state index in [1.165, 1.54) is 19.3 Å². The van der Waals surface area contributed by atoms with Crippen molar-refractivity contribution in [3.63, 3.8) is 0 Å². The Morgan fingerprint density at radius 3 is 2.45 bits per heavy atom. The first-order valence-corrected chi connectivity index (χ1v) is 4.53. The molecule has 0 aliphatic heterocycles. The van der Waals surface area contributed by atoms with E-state index in [1.54, 1.807) is 0 Å². The monoisotopic (exact) mass is 152 g/mol. The van der Waals surface area contributed by atoms with E-state index < -0.39 is 0 Å². The van der Waals surface area contributed by atoms with Crippen molar-refractivity contribution in [3.8, 4) is 0 Å². The molecule has 11 heavy (non-hydrogen) atoms. The van der Waals surface area contributed by atoms with Crippen LogP contribution < -0.4 is 0 Å². The lowest BCUT2D eigenvalue weighted by Gasteiger charge is -2.06. The molecule has 0 heteroatoms. The van der Waals surface area contributed by atoms with Gasteiger partial charge in [-0.3, -0.25) is 0 Å². The van der Waals surface area contributed by atoms with Gasteiger partial charge in [-0.05, 0) is 38.5 Å². The van der Waals surface area contributed by atoms with Gasteiger partial charge in [-0.2, -0.15) is 0 Å². The first-order chi connectivity index (χ1) is 5.31. The fraction of sp³-hybridized carbons (Fsp3) is 0.636. The second-order valence-electron chi connectivity index (χ2n) is 3.12. The van der Waals surface area contributed by atoms with Gasteiger partial charge in [0, 0.05) is 0 Å². The van der Waals surface area contributed by atoms with Crippen molar-refractivity contribution in [1.29, 1.82) is 0 Å². The maximum atomic E-state index is 3.72. The molecule has 0 bridgehead atoms. The molecule has 0 N–H and O–H groups in total. The highest BCUT2D eigenvalue weighted by molar-refractivity contribution is 4.78. The van der Waals surface area contributed by atoms with Crippen molar-refractivity contribution < 1.29 is 0 Å². The Bertz CT molecular complexity index is 111. The number of allylic oxidation sites excluding steroid dienone is 3. The molecule has 1 unspecified atom stereocenters. The molecule has 0 aromatic heterocycles. The molecular formula is C11H20. The molecule has 0 aromatic rings. The van der Waals surface area contributed by atoms with Crippen molar-refractivity contribution in [2.24, 2.45) is 5.92 Å². The van der Waals surface area contributed by atoms with Gasteiger partial charge in [-0.1, -0.05) is 25.2 Å². The molecule has 0 nitrogen and oxygen atoms in total. The van der Waals surface area contributed by atoms with Crippen LogP contribution in [0, 0.1) is 5.92 Å². The zero-order valence-electron chi connectivity index (χ0n) is 7.84. The van der Waals surface area contributed by atoms with Crippen molar-refractivity contribution in [2.75, 3.05) is 0 Å². The second-order valence-corrected chi connectivity index (χ2v) is 3.12. The van der Waals surface area contributed by atoms with Gasteiger partial charge in [0.2, 0.25) is 0 Å². The van der Waals surface area contributed by atoms with Crippen molar-refractivity contribution in [3.05, 3.63) is 24.8 Å². The minimum atomic E-state index is 0.851. The second kappa shape index (κ2) is 7.59. The number of hydrogen-bond donors (Lipinski definition) is 0. The predicted octanol–water partition coefficient (Wildman–Crippen LogP) is 3.95. The summed E-state index contributed by atoms with van der Waals surface area (Å²) in [7, 11) is 0. The summed E-state index contributed by atoms with van der Waals surface area (Å²) >= 11 is 0. The SMILES string of the molecule is C=CCCC(C)CCC=CC. The van der Waals surface area contributed by atoms with Crippen LogP contribution in [0.25, 0.3) is 0 Å². The van der Waals surface area contributed by atoms with Gasteiger partial charge in [0.05, 0.1) is 0 Å². The molecule has 0 saturated carbocycles. The summed E-state index contributed by atoms with van der Waals surface area (Å²) in [6.07, 6.45) is 11.4. The van der Waals surface area contributed by atoms with Crippen molar-refractivity contribution in [1.82, 2.24) is 0 Å². The maximum Gasteiger partial charge on any atom is -0.0348 e. The fourth-order valence-corrected chi connectivity index (χ4v) is 1.09. The Balaban J connectivity index is 3.21. The van der Waals surface area contributed by atoms with Crippen LogP contribution >= 0.6 is 0 Å². The summed E-state index contributed by atoms with van der Waals surface area (Å²) in [5, 5.41) is 0. The van der Waals surface area contributed by atoms with Gasteiger partial charge in [-0.25, -0.2) is 0 Å². The molecule has 1 atom stereocenters. The molecule has 0 radical (unpaired) electrons. The minimum Gasteiger partial charge on any atom is -0.103 e. The van der Waals surface area contributed by atoms with Gasteiger partial charge < -0.3 is 0 Å². The van der Waals surface area contributed by atoms with E-state index in [4.69, 9.17) is 0 Å². The zero-order valence-corrected chi connectivity index (χ0v) is 7.84. The van der Waals surface area contributed by atoms with Crippen LogP contribution in [0.4, 0.5) is 0 Å². The highest BCUT2D eigenvalue weighted by Gasteiger charge is 1.97. The Morgan fingerprint density at radius 1 is 1.27 bits per heavy atom. The maximum absolute atomic E-state index is 3.72. The summed E-state index contributed by atoms with van der Waals surface area (Å²) in [4.78, 5) is 0. The van der Waals surface area contributed by atoms with Crippen LogP contribution in [0.5, 0.6) is 0 Å². The third kappa shape index (κ3) is 7.38. The largest absolute Gasteiger partial charge is 0.103 e. The van der Waals surface area contributed by atoms with Gasteiger partial charge in [0.1, 0.15) is 0 Å². The van der Waals surface area contributed by atoms with Crippen molar-refractivity contribution in [2.45, 2.75) is 39.5 Å². The smallest absolute Gasteiger partial charge is 0.0348 e. The lowest BCUT2D eigenvalue weighted by atomic mass is 10.00. The van der Waals surface area contributed by atoms with Gasteiger partial charge >= 0.3 is 0 Å². The summed E-state index contributed by atoms with van der Waals surface area (Å²) < 4.78 is 0. The van der Waals surface area contributed by atoms with Crippen molar-refractivity contribution >= 4 is 0 Å². The first-order valence-electron chi connectivity index (χ1n) is 4.53. The van der Waals surface area contributed by atoms with Crippen LogP contribution in [-0.4, -0.2) is 0 Å². The standard InChI is InChI=1S/C11H20/c1-4-6-8-10-11(3)9-7-5-2/h4-6,11H,2,7-10H2,1,3H3. The van der Waals surface area contributed by atoms with Gasteiger partial charge in [-0.15, -0.1) is 6.58 Å². The van der Waals surface area contributed by atoms with Crippen LogP contribution in [0.2, 0.25) is 0 Å². The highest BCUT2D eigenvalue weighted by atomic mass is 14.0. The highest BCUT2D eigenvalue weighted by Crippen LogP contribution is 2.12. The summed E-state index contributed by atoms with van der Waals surface area (Å²) in [5.41, 5.74) is 0. The molecule has 0 aliphatic rings. The Morgan fingerprint density at radius 2 is 1.91 bits per heavy atom. The fourth-order valence-electron chi connectivity index (χ4n) is 1.09. The van der Waals surface area contributed by atoms with Gasteiger partial charge in [0.25, 0.3) is 0 Å². The third-order valence-corrected chi connectivity index (χ3v) is 1.93. The minimum absolute atomic E-state index is 0.851. The summed E-state index contributed by atoms with van der Waals surface area (Å²) in [5.74, 6) is 0.851. The lowest BCUT2D eigenvalue weighted by molar-refractivity contribution is 0.502. The molecule has 0 aliphatic carbocycles. The molecule has 0 aromatic carbocycles. The first kappa shape index (κ1) is 10.5. The molecular weight excluding hydrogens is 132 g/mol. The Kier molecular flexibility index (Phi) is 7.23. The van der Waals surface area contributed by atoms with E-state index >= 15 is 0 Å². The van der Waals surface area contributed by atoms with Crippen LogP contribution in [0.1, 0.15) is 39.5 Å². The van der Waals surface area contributed by atoms with E-state index in [0.29, 0.717) is 0 Å². The molecule has 0 spiro atoms. The van der Waals surface area contributed by atoms with E-state index in [-0.39, 0.29) is 0 Å². The van der Waals surface area contributed by atoms with Crippen LogP contribution in [0.15, 0.2) is 24.8 Å². The van der Waals surface area contributed by atoms with E-state index in [0.717, 1.165) is 12.3 Å². The molecule has 0 saturated heterocycles. The number of hydrogen-bond acceptors (Lipinski definition) is 0. The molecule has 0 rings (SSSR count). The van der Waals surface area contributed by atoms with E-state index in [1.807, 2.05) is 6.08 Å². The lowest BCUT2D eigenvalue weighted by Crippen LogP contribution is -1.92. The zero-order chi connectivity index (χ0) is 8.53. The normalized spacial score (nSPS) is 13.6. The molecule has 64 valence electrons. The molecule has 0 fully saturated rings. The predicted molar refractivity (Wildman–Crippen MR) is 52.6 cm³/mol. The third-order valence-electron chi connectivity index (χ3n) is 1.93. The van der Waals surface area contributed by atoms with E-state index in [9.17, 15) is 0 Å². The van der Waals surface area contributed by atoms with Gasteiger partial charge in [0.15, 0.2) is 0 Å². The van der Waals surface area contributed by atoms with Crippen LogP contribution in [0.3, 0.4) is 0 Å². The number of rotatable bonds is 6. The summed E-state index contributed by atoms with van der Waals surface area (Å²) in [6.45, 7) is 8.11. The molecule has 0 amide bonds. The average Bonchev–Trinajstić information content (AvgIpc) is 2.01. The Labute approximate surface area is 71.0 Å². The quantitative estimate of drug-likeness (QED) is 0.506. The topological polar surface area (TPSA) is 0 Å². The van der Waals surface area contributed by atoms with E-state index in [2.05, 4.69) is 32.6 Å². The van der Waals surface area contributed by atoms with Crippen LogP contribution in [-0.2, 0) is 0 Å². The average molecular weight is 152 g/mol.